The molecule has 12 nitrogen and oxygen atoms in total. The van der Waals surface area contributed by atoms with E-state index >= 15 is 0 Å². The smallest absolute Gasteiger partial charge is 0.475 e. The summed E-state index contributed by atoms with van der Waals surface area (Å²) in [5.74, 6) is -4.30. The van der Waals surface area contributed by atoms with Gasteiger partial charge in [-0.1, -0.05) is 0 Å². The first kappa shape index (κ1) is 34.2. The molecule has 2 N–H and O–H groups in total. The van der Waals surface area contributed by atoms with Crippen LogP contribution in [-0.4, -0.2) is 110 Å². The number of halogens is 6. The summed E-state index contributed by atoms with van der Waals surface area (Å²) in [7, 11) is 5.68. The van der Waals surface area contributed by atoms with Crippen molar-refractivity contribution >= 4 is 23.8 Å². The van der Waals surface area contributed by atoms with Gasteiger partial charge in [-0.05, 0) is 25.5 Å². The average Bonchev–Trinajstić information content (AvgIpc) is 3.42. The standard InChI is InChI=1S/C20H29N7O.2C2HF3O2/c1-24(2)18(28)20-6-4-9-26(12-16-10-23-25(3)11-16)13-17(20)14-27(15-20)19-21-7-5-8-22-19;2*3-2(4,5)1(6)7/h5,7-8,10-11,17H,4,6,9,12-15H2,1-3H3;2*(H,6,7)/t17-,20-;;/m0../s1. The van der Waals surface area contributed by atoms with Crippen LogP contribution in [0.1, 0.15) is 18.4 Å². The Morgan fingerprint density at radius 2 is 1.57 bits per heavy atom. The number of alkyl halides is 6. The second-order valence-corrected chi connectivity index (χ2v) is 9.95. The van der Waals surface area contributed by atoms with Gasteiger partial charge in [0.15, 0.2) is 0 Å². The molecule has 2 aliphatic heterocycles. The molecule has 0 bridgehead atoms. The number of nitrogens with zero attached hydrogens (tertiary/aromatic N) is 7. The summed E-state index contributed by atoms with van der Waals surface area (Å²) in [6, 6.07) is 1.83. The molecule has 42 heavy (non-hydrogen) atoms. The van der Waals surface area contributed by atoms with E-state index in [-0.39, 0.29) is 17.2 Å². The minimum atomic E-state index is -5.08. The predicted octanol–water partition coefficient (Wildman–Crippen LogP) is 2.28. The molecule has 2 aromatic rings. The van der Waals surface area contributed by atoms with Crippen LogP contribution in [0, 0.1) is 11.3 Å². The first-order valence-electron chi connectivity index (χ1n) is 12.4. The zero-order chi connectivity index (χ0) is 31.9. The average molecular weight is 612 g/mol. The van der Waals surface area contributed by atoms with Crippen LogP contribution in [-0.2, 0) is 28.0 Å². The fraction of sp³-hybridized carbons (Fsp3) is 0.583. The Morgan fingerprint density at radius 3 is 2.02 bits per heavy atom. The molecule has 4 heterocycles. The molecule has 2 fully saturated rings. The maximum Gasteiger partial charge on any atom is 0.490 e. The zero-order valence-corrected chi connectivity index (χ0v) is 22.9. The van der Waals surface area contributed by atoms with Crippen LogP contribution in [0.25, 0.3) is 0 Å². The molecule has 0 aromatic carbocycles. The number of fused-ring (bicyclic) bond motifs is 1. The summed E-state index contributed by atoms with van der Waals surface area (Å²) in [5.41, 5.74) is 0.849. The Kier molecular flexibility index (Phi) is 11.3. The SMILES string of the molecule is CN(C)C(=O)[C@]12CCCN(Cc3cnn(C)c3)C[C@H]1CN(c1ncccn1)C2.O=C(O)C(F)(F)F.O=C(O)C(F)(F)F. The van der Waals surface area contributed by atoms with Gasteiger partial charge >= 0.3 is 24.3 Å². The van der Waals surface area contributed by atoms with E-state index in [0.717, 1.165) is 45.0 Å². The van der Waals surface area contributed by atoms with E-state index in [4.69, 9.17) is 19.8 Å². The summed E-state index contributed by atoms with van der Waals surface area (Å²) in [6.07, 6.45) is -0.706. The van der Waals surface area contributed by atoms with Crippen molar-refractivity contribution in [2.45, 2.75) is 31.7 Å². The van der Waals surface area contributed by atoms with Crippen LogP contribution >= 0.6 is 0 Å². The number of carboxylic acid groups (broad SMARTS) is 2. The molecule has 0 spiro atoms. The van der Waals surface area contributed by atoms with Crippen molar-refractivity contribution in [3.63, 3.8) is 0 Å². The first-order valence-corrected chi connectivity index (χ1v) is 12.4. The van der Waals surface area contributed by atoms with Gasteiger partial charge < -0.3 is 20.0 Å². The molecule has 4 rings (SSSR count). The normalized spacial score (nSPS) is 20.7. The number of carbonyl (C=O) groups excluding carboxylic acids is 1. The highest BCUT2D eigenvalue weighted by Gasteiger charge is 2.54. The van der Waals surface area contributed by atoms with Crippen LogP contribution < -0.4 is 4.90 Å². The van der Waals surface area contributed by atoms with Gasteiger partial charge in [-0.25, -0.2) is 19.6 Å². The van der Waals surface area contributed by atoms with Gasteiger partial charge in [-0.3, -0.25) is 14.4 Å². The number of aryl methyl sites for hydroxylation is 1. The van der Waals surface area contributed by atoms with Gasteiger partial charge in [0.2, 0.25) is 11.9 Å². The van der Waals surface area contributed by atoms with E-state index < -0.39 is 24.3 Å². The number of rotatable bonds is 4. The highest BCUT2D eigenvalue weighted by atomic mass is 19.4. The highest BCUT2D eigenvalue weighted by Crippen LogP contribution is 2.44. The maximum atomic E-state index is 13.3. The number of likely N-dealkylation sites (tertiary alicyclic amines) is 1. The van der Waals surface area contributed by atoms with Crippen LogP contribution in [0.2, 0.25) is 0 Å². The number of hydrogen-bond acceptors (Lipinski definition) is 8. The number of anilines is 1. The summed E-state index contributed by atoms with van der Waals surface area (Å²) >= 11 is 0. The summed E-state index contributed by atoms with van der Waals surface area (Å²) < 4.78 is 65.3. The highest BCUT2D eigenvalue weighted by molar-refractivity contribution is 5.84. The Morgan fingerprint density at radius 1 is 1.02 bits per heavy atom. The number of aromatic nitrogens is 4. The third-order valence-corrected chi connectivity index (χ3v) is 6.59. The fourth-order valence-electron chi connectivity index (χ4n) is 4.87. The van der Waals surface area contributed by atoms with Crippen molar-refractivity contribution in [1.82, 2.24) is 29.5 Å². The third-order valence-electron chi connectivity index (χ3n) is 6.59. The van der Waals surface area contributed by atoms with Crippen LogP contribution in [0.15, 0.2) is 30.9 Å². The lowest BCUT2D eigenvalue weighted by Gasteiger charge is -2.34. The van der Waals surface area contributed by atoms with E-state index in [9.17, 15) is 31.1 Å². The first-order chi connectivity index (χ1) is 19.4. The summed E-state index contributed by atoms with van der Waals surface area (Å²) in [6.45, 7) is 4.29. The zero-order valence-electron chi connectivity index (χ0n) is 22.9. The predicted molar refractivity (Wildman–Crippen MR) is 134 cm³/mol. The van der Waals surface area contributed by atoms with Gasteiger partial charge in [0, 0.05) is 77.4 Å². The van der Waals surface area contributed by atoms with E-state index in [0.29, 0.717) is 6.54 Å². The van der Waals surface area contributed by atoms with Crippen molar-refractivity contribution < 1.29 is 50.9 Å². The van der Waals surface area contributed by atoms with Crippen LogP contribution in [0.5, 0.6) is 0 Å². The lowest BCUT2D eigenvalue weighted by atomic mass is 9.74. The molecule has 0 radical (unpaired) electrons. The number of carboxylic acids is 2. The maximum absolute atomic E-state index is 13.3. The lowest BCUT2D eigenvalue weighted by molar-refractivity contribution is -0.193. The molecule has 2 saturated heterocycles. The molecule has 0 unspecified atom stereocenters. The molecular weight excluding hydrogens is 580 g/mol. The second kappa shape index (κ2) is 13.8. The van der Waals surface area contributed by atoms with Crippen molar-refractivity contribution in [3.8, 4) is 0 Å². The van der Waals surface area contributed by atoms with E-state index in [1.54, 1.807) is 17.3 Å². The van der Waals surface area contributed by atoms with Crippen LogP contribution in [0.4, 0.5) is 32.3 Å². The number of hydrogen-bond donors (Lipinski definition) is 2. The molecule has 0 aliphatic carbocycles. The van der Waals surface area contributed by atoms with Crippen molar-refractivity contribution in [3.05, 3.63) is 36.4 Å². The minimum Gasteiger partial charge on any atom is -0.475 e. The molecule has 2 aromatic heterocycles. The fourth-order valence-corrected chi connectivity index (χ4v) is 4.87. The Balaban J connectivity index is 0.000000367. The quantitative estimate of drug-likeness (QED) is 0.494. The Hall–Kier alpha value is -3.96. The number of aliphatic carboxylic acids is 2. The monoisotopic (exact) mass is 611 g/mol. The van der Waals surface area contributed by atoms with Crippen LogP contribution in [0.3, 0.4) is 0 Å². The van der Waals surface area contributed by atoms with Gasteiger partial charge in [0.1, 0.15) is 0 Å². The van der Waals surface area contributed by atoms with Gasteiger partial charge in [-0.2, -0.15) is 31.4 Å². The van der Waals surface area contributed by atoms with Gasteiger partial charge in [-0.15, -0.1) is 0 Å². The second-order valence-electron chi connectivity index (χ2n) is 9.95. The third kappa shape index (κ3) is 9.28. The molecule has 18 heteroatoms. The van der Waals surface area contributed by atoms with Gasteiger partial charge in [0.05, 0.1) is 11.6 Å². The van der Waals surface area contributed by atoms with Crippen molar-refractivity contribution in [1.29, 1.82) is 0 Å². The molecule has 1 amide bonds. The van der Waals surface area contributed by atoms with Gasteiger partial charge in [0.25, 0.3) is 0 Å². The Labute approximate surface area is 236 Å². The van der Waals surface area contributed by atoms with Crippen molar-refractivity contribution in [2.24, 2.45) is 18.4 Å². The molecule has 234 valence electrons. The minimum absolute atomic E-state index is 0.235. The molecule has 0 saturated carbocycles. The van der Waals surface area contributed by atoms with E-state index in [1.807, 2.05) is 38.1 Å². The Bertz CT molecular complexity index is 1180. The van der Waals surface area contributed by atoms with E-state index in [2.05, 4.69) is 31.1 Å². The summed E-state index contributed by atoms with van der Waals surface area (Å²) in [5, 5.41) is 18.5. The summed E-state index contributed by atoms with van der Waals surface area (Å²) in [4.78, 5) is 46.4. The van der Waals surface area contributed by atoms with Crippen molar-refractivity contribution in [2.75, 3.05) is 45.2 Å². The largest absolute Gasteiger partial charge is 0.490 e. The topological polar surface area (TPSA) is 145 Å². The number of amides is 1. The lowest BCUT2D eigenvalue weighted by Crippen LogP contribution is -2.47. The molecule has 2 aliphatic rings. The van der Waals surface area contributed by atoms with E-state index in [1.165, 1.54) is 5.56 Å². The number of carbonyl (C=O) groups is 3. The molecular formula is C24H31F6N7O5. The molecule has 2 atom stereocenters.